The summed E-state index contributed by atoms with van der Waals surface area (Å²) in [4.78, 5) is 12.2. The number of benzene rings is 1. The molecular weight excluding hydrogens is 241 g/mol. The van der Waals surface area contributed by atoms with Crippen molar-refractivity contribution in [2.24, 2.45) is 0 Å². The van der Waals surface area contributed by atoms with Gasteiger partial charge < -0.3 is 5.32 Å². The van der Waals surface area contributed by atoms with E-state index in [2.05, 4.69) is 19.2 Å². The minimum Gasteiger partial charge on any atom is -0.322 e. The number of unbranched alkanes of at least 4 members (excludes halogenated alkanes) is 2. The molecule has 1 aromatic rings. The zero-order valence-electron chi connectivity index (χ0n) is 11.5. The molecule has 2 nitrogen and oxygen atoms in total. The molecule has 1 rings (SSSR count). The first-order chi connectivity index (χ1) is 8.77. The Labute approximate surface area is 112 Å². The summed E-state index contributed by atoms with van der Waals surface area (Å²) < 4.78 is 0. The third-order valence-corrected chi connectivity index (χ3v) is 5.27. The van der Waals surface area contributed by atoms with Crippen LogP contribution in [0.2, 0.25) is 0 Å². The minimum absolute atomic E-state index is 0.248. The van der Waals surface area contributed by atoms with Gasteiger partial charge in [0.1, 0.15) is 0 Å². The molecular formula is C15H24NOP. The SMILES string of the molecule is CCCCP(CCCC)C(=O)Nc1ccccc1. The van der Waals surface area contributed by atoms with E-state index in [-0.39, 0.29) is 5.65 Å². The van der Waals surface area contributed by atoms with Crippen molar-refractivity contribution in [3.63, 3.8) is 0 Å². The Balaban J connectivity index is 2.52. The average Bonchev–Trinajstić information content (AvgIpc) is 2.40. The molecule has 1 aromatic carbocycles. The average molecular weight is 265 g/mol. The van der Waals surface area contributed by atoms with Crippen LogP contribution < -0.4 is 5.32 Å². The van der Waals surface area contributed by atoms with Crippen molar-refractivity contribution >= 4 is 19.3 Å². The van der Waals surface area contributed by atoms with Gasteiger partial charge in [0.25, 0.3) is 0 Å². The predicted molar refractivity (Wildman–Crippen MR) is 81.9 cm³/mol. The fourth-order valence-corrected chi connectivity index (χ4v) is 4.05. The highest BCUT2D eigenvalue weighted by atomic mass is 31.1. The summed E-state index contributed by atoms with van der Waals surface area (Å²) in [6.07, 6.45) is 6.82. The van der Waals surface area contributed by atoms with Crippen molar-refractivity contribution in [1.29, 1.82) is 0 Å². The molecule has 0 saturated carbocycles. The van der Waals surface area contributed by atoms with Crippen LogP contribution in [0.15, 0.2) is 30.3 Å². The lowest BCUT2D eigenvalue weighted by Crippen LogP contribution is -2.11. The van der Waals surface area contributed by atoms with Crippen LogP contribution in [0.5, 0.6) is 0 Å². The van der Waals surface area contributed by atoms with E-state index in [1.165, 1.54) is 12.8 Å². The Morgan fingerprint density at radius 2 is 1.61 bits per heavy atom. The predicted octanol–water partition coefficient (Wildman–Crippen LogP) is 5.30. The highest BCUT2D eigenvalue weighted by molar-refractivity contribution is 7.75. The quantitative estimate of drug-likeness (QED) is 0.635. The Morgan fingerprint density at radius 3 is 2.11 bits per heavy atom. The van der Waals surface area contributed by atoms with Crippen LogP contribution in [-0.4, -0.2) is 18.0 Å². The number of para-hydroxylation sites is 1. The molecule has 0 spiro atoms. The van der Waals surface area contributed by atoms with Gasteiger partial charge in [-0.1, -0.05) is 44.9 Å². The van der Waals surface area contributed by atoms with Gasteiger partial charge in [0.15, 0.2) is 0 Å². The van der Waals surface area contributed by atoms with Crippen LogP contribution in [0.4, 0.5) is 10.5 Å². The lowest BCUT2D eigenvalue weighted by atomic mass is 10.3. The second-order valence-electron chi connectivity index (χ2n) is 4.49. The standard InChI is InChI=1S/C15H24NOP/c1-3-5-12-18(13-6-4-2)15(17)16-14-10-8-7-9-11-14/h7-11H,3-6,12-13H2,1-2H3,(H,16,17). The molecule has 0 aliphatic rings. The molecule has 0 aliphatic heterocycles. The maximum absolute atomic E-state index is 12.2. The topological polar surface area (TPSA) is 29.1 Å². The fourth-order valence-electron chi connectivity index (χ4n) is 1.74. The number of hydrogen-bond donors (Lipinski definition) is 1. The highest BCUT2D eigenvalue weighted by Crippen LogP contribution is 2.39. The van der Waals surface area contributed by atoms with Gasteiger partial charge in [0.2, 0.25) is 5.65 Å². The number of anilines is 1. The summed E-state index contributed by atoms with van der Waals surface area (Å²) in [6.45, 7) is 4.37. The van der Waals surface area contributed by atoms with E-state index < -0.39 is 7.92 Å². The molecule has 0 radical (unpaired) electrons. The van der Waals surface area contributed by atoms with Gasteiger partial charge in [-0.25, -0.2) is 0 Å². The number of hydrogen-bond acceptors (Lipinski definition) is 1. The summed E-state index contributed by atoms with van der Waals surface area (Å²) in [5.41, 5.74) is 1.17. The Morgan fingerprint density at radius 1 is 1.06 bits per heavy atom. The van der Waals surface area contributed by atoms with Gasteiger partial charge in [-0.3, -0.25) is 4.79 Å². The summed E-state index contributed by atoms with van der Waals surface area (Å²) in [5, 5.41) is 3.05. The molecule has 0 aliphatic carbocycles. The molecule has 0 fully saturated rings. The van der Waals surface area contributed by atoms with Crippen LogP contribution >= 0.6 is 7.92 Å². The number of rotatable bonds is 8. The highest BCUT2D eigenvalue weighted by Gasteiger charge is 2.16. The summed E-state index contributed by atoms with van der Waals surface area (Å²) in [7, 11) is -0.507. The van der Waals surface area contributed by atoms with Crippen LogP contribution in [0, 0.1) is 0 Å². The summed E-state index contributed by atoms with van der Waals surface area (Å²) >= 11 is 0. The summed E-state index contributed by atoms with van der Waals surface area (Å²) in [6, 6.07) is 9.77. The van der Waals surface area contributed by atoms with E-state index >= 15 is 0 Å². The number of amides is 1. The molecule has 18 heavy (non-hydrogen) atoms. The van der Waals surface area contributed by atoms with E-state index in [4.69, 9.17) is 0 Å². The van der Waals surface area contributed by atoms with E-state index in [9.17, 15) is 4.79 Å². The van der Waals surface area contributed by atoms with Crippen molar-refractivity contribution < 1.29 is 4.79 Å². The van der Waals surface area contributed by atoms with E-state index in [0.717, 1.165) is 30.9 Å². The maximum Gasteiger partial charge on any atom is 0.245 e. The summed E-state index contributed by atoms with van der Waals surface area (Å²) in [5.74, 6) is 0. The molecule has 100 valence electrons. The molecule has 0 saturated heterocycles. The Kier molecular flexibility index (Phi) is 7.68. The van der Waals surface area contributed by atoms with Gasteiger partial charge in [0, 0.05) is 5.69 Å². The largest absolute Gasteiger partial charge is 0.322 e. The fraction of sp³-hybridized carbons (Fsp3) is 0.533. The van der Waals surface area contributed by atoms with Crippen molar-refractivity contribution in [2.45, 2.75) is 39.5 Å². The molecule has 1 N–H and O–H groups in total. The van der Waals surface area contributed by atoms with E-state index in [0.29, 0.717) is 0 Å². The number of carbonyl (C=O) groups excluding carboxylic acids is 1. The third-order valence-electron chi connectivity index (χ3n) is 2.88. The van der Waals surface area contributed by atoms with Gasteiger partial charge in [-0.05, 0) is 45.2 Å². The Bertz CT molecular complexity index is 332. The molecule has 0 aromatic heterocycles. The second-order valence-corrected chi connectivity index (χ2v) is 6.87. The third kappa shape index (κ3) is 5.64. The lowest BCUT2D eigenvalue weighted by molar-refractivity contribution is 0.269. The smallest absolute Gasteiger partial charge is 0.245 e. The first-order valence-corrected chi connectivity index (χ1v) is 8.60. The van der Waals surface area contributed by atoms with Crippen LogP contribution in [-0.2, 0) is 0 Å². The van der Waals surface area contributed by atoms with Crippen LogP contribution in [0.3, 0.4) is 0 Å². The molecule has 0 unspecified atom stereocenters. The minimum atomic E-state index is -0.507. The molecule has 0 heterocycles. The van der Waals surface area contributed by atoms with Crippen molar-refractivity contribution in [2.75, 3.05) is 17.6 Å². The molecule has 0 atom stereocenters. The zero-order valence-corrected chi connectivity index (χ0v) is 12.4. The van der Waals surface area contributed by atoms with Crippen LogP contribution in [0.1, 0.15) is 39.5 Å². The van der Waals surface area contributed by atoms with Gasteiger partial charge in [0.05, 0.1) is 0 Å². The lowest BCUT2D eigenvalue weighted by Gasteiger charge is -2.16. The van der Waals surface area contributed by atoms with Gasteiger partial charge in [-0.15, -0.1) is 0 Å². The van der Waals surface area contributed by atoms with Gasteiger partial charge in [-0.2, -0.15) is 0 Å². The van der Waals surface area contributed by atoms with E-state index in [1.807, 2.05) is 30.3 Å². The number of carbonyl (C=O) groups is 1. The second kappa shape index (κ2) is 9.10. The Hall–Kier alpha value is -0.880. The first kappa shape index (κ1) is 15.2. The van der Waals surface area contributed by atoms with Gasteiger partial charge >= 0.3 is 0 Å². The normalized spacial score (nSPS) is 10.6. The molecule has 1 amide bonds. The first-order valence-electron chi connectivity index (χ1n) is 6.89. The van der Waals surface area contributed by atoms with E-state index in [1.54, 1.807) is 0 Å². The van der Waals surface area contributed by atoms with Crippen LogP contribution in [0.25, 0.3) is 0 Å². The monoisotopic (exact) mass is 265 g/mol. The molecule has 3 heteroatoms. The van der Waals surface area contributed by atoms with Crippen molar-refractivity contribution in [3.8, 4) is 0 Å². The number of nitrogens with one attached hydrogen (secondary N) is 1. The zero-order chi connectivity index (χ0) is 13.2. The molecule has 0 bridgehead atoms. The van der Waals surface area contributed by atoms with Crippen molar-refractivity contribution in [1.82, 2.24) is 0 Å². The van der Waals surface area contributed by atoms with Crippen molar-refractivity contribution in [3.05, 3.63) is 30.3 Å². The maximum atomic E-state index is 12.2.